The largest absolute Gasteiger partial charge is 0.491 e. The highest BCUT2D eigenvalue weighted by atomic mass is 16.5. The lowest BCUT2D eigenvalue weighted by Crippen LogP contribution is -2.38. The molecule has 0 saturated heterocycles. The van der Waals surface area contributed by atoms with E-state index in [9.17, 15) is 9.59 Å². The minimum Gasteiger partial charge on any atom is -0.491 e. The van der Waals surface area contributed by atoms with Gasteiger partial charge in [-0.15, -0.1) is 0 Å². The number of carbonyl (C=O) groups is 1. The van der Waals surface area contributed by atoms with Crippen LogP contribution in [0.5, 0.6) is 5.75 Å². The van der Waals surface area contributed by atoms with Crippen molar-refractivity contribution in [3.63, 3.8) is 0 Å². The Morgan fingerprint density at radius 1 is 1.10 bits per heavy atom. The summed E-state index contributed by atoms with van der Waals surface area (Å²) in [5, 5.41) is 1.37. The molecule has 4 atom stereocenters. The first-order chi connectivity index (χ1) is 14.2. The molecule has 3 rings (SSSR count). The van der Waals surface area contributed by atoms with Crippen molar-refractivity contribution in [2.75, 3.05) is 0 Å². The normalized spacial score (nSPS) is 23.0. The molecule has 5 heteroatoms. The zero-order chi connectivity index (χ0) is 22.0. The van der Waals surface area contributed by atoms with Gasteiger partial charge in [0.1, 0.15) is 17.9 Å². The van der Waals surface area contributed by atoms with Crippen LogP contribution in [0, 0.1) is 17.8 Å². The van der Waals surface area contributed by atoms with Crippen molar-refractivity contribution in [2.24, 2.45) is 17.8 Å². The summed E-state index contributed by atoms with van der Waals surface area (Å²) in [6.45, 7) is 12.3. The first-order valence-electron chi connectivity index (χ1n) is 11.2. The average Bonchev–Trinajstić information content (AvgIpc) is 2.67. The molecule has 1 saturated carbocycles. The van der Waals surface area contributed by atoms with Gasteiger partial charge in [-0.05, 0) is 81.0 Å². The van der Waals surface area contributed by atoms with Crippen molar-refractivity contribution in [1.82, 2.24) is 4.57 Å². The summed E-state index contributed by atoms with van der Waals surface area (Å²) in [4.78, 5) is 26.0. The predicted molar refractivity (Wildman–Crippen MR) is 120 cm³/mol. The Morgan fingerprint density at radius 2 is 1.83 bits per heavy atom. The molecule has 1 aliphatic carbocycles. The third-order valence-electron chi connectivity index (χ3n) is 6.26. The lowest BCUT2D eigenvalue weighted by atomic mass is 9.75. The number of fused-ring (bicyclic) bond motifs is 1. The molecule has 0 amide bonds. The number of hydrogen-bond acceptors (Lipinski definition) is 4. The smallest absolute Gasteiger partial charge is 0.329 e. The number of nitrogens with zero attached hydrogens (tertiary/aromatic N) is 1. The SMILES string of the molecule is CC1CCC(C(C)C)C(OC(=O)C(C)n2ccc3cc(OC(C)C)ccc3c2=O)C1. The Balaban J connectivity index is 1.81. The maximum Gasteiger partial charge on any atom is 0.329 e. The van der Waals surface area contributed by atoms with E-state index in [2.05, 4.69) is 20.8 Å². The number of hydrogen-bond donors (Lipinski definition) is 0. The quantitative estimate of drug-likeness (QED) is 0.599. The van der Waals surface area contributed by atoms with Crippen LogP contribution < -0.4 is 10.3 Å². The van der Waals surface area contributed by atoms with Crippen LogP contribution in [-0.2, 0) is 9.53 Å². The van der Waals surface area contributed by atoms with Gasteiger partial charge in [-0.3, -0.25) is 4.79 Å². The Hall–Kier alpha value is -2.30. The van der Waals surface area contributed by atoms with E-state index < -0.39 is 6.04 Å². The number of benzene rings is 1. The second-order valence-corrected chi connectivity index (χ2v) is 9.42. The van der Waals surface area contributed by atoms with E-state index >= 15 is 0 Å². The minimum atomic E-state index is -0.668. The summed E-state index contributed by atoms with van der Waals surface area (Å²) < 4.78 is 13.2. The Kier molecular flexibility index (Phi) is 6.89. The standard InChI is InChI=1S/C25H35NO4/c1-15(2)21-9-7-17(5)13-23(21)30-25(28)18(6)26-12-11-19-14-20(29-16(3)4)8-10-22(19)24(26)27/h8,10-12,14-18,21,23H,7,9,13H2,1-6H3. The van der Waals surface area contributed by atoms with Crippen LogP contribution >= 0.6 is 0 Å². The summed E-state index contributed by atoms with van der Waals surface area (Å²) in [5.74, 6) is 1.80. The van der Waals surface area contributed by atoms with Crippen LogP contribution in [0.1, 0.15) is 66.8 Å². The summed E-state index contributed by atoms with van der Waals surface area (Å²) >= 11 is 0. The molecule has 164 valence electrons. The summed E-state index contributed by atoms with van der Waals surface area (Å²) in [6.07, 6.45) is 4.83. The van der Waals surface area contributed by atoms with Gasteiger partial charge in [0.2, 0.25) is 0 Å². The molecule has 5 nitrogen and oxygen atoms in total. The monoisotopic (exact) mass is 413 g/mol. The zero-order valence-corrected chi connectivity index (χ0v) is 19.1. The molecule has 1 fully saturated rings. The number of ether oxygens (including phenoxy) is 2. The fourth-order valence-corrected chi connectivity index (χ4v) is 4.50. The molecular weight excluding hydrogens is 378 g/mol. The van der Waals surface area contributed by atoms with Gasteiger partial charge in [0.25, 0.3) is 5.56 Å². The van der Waals surface area contributed by atoms with Crippen LogP contribution in [0.3, 0.4) is 0 Å². The molecule has 0 bridgehead atoms. The van der Waals surface area contributed by atoms with Crippen molar-refractivity contribution in [1.29, 1.82) is 0 Å². The highest BCUT2D eigenvalue weighted by molar-refractivity contribution is 5.83. The summed E-state index contributed by atoms with van der Waals surface area (Å²) in [5.41, 5.74) is -0.189. The van der Waals surface area contributed by atoms with Gasteiger partial charge in [0.05, 0.1) is 6.10 Å². The molecular formula is C25H35NO4. The van der Waals surface area contributed by atoms with Gasteiger partial charge in [-0.25, -0.2) is 4.79 Å². The third kappa shape index (κ3) is 4.88. The van der Waals surface area contributed by atoms with Crippen molar-refractivity contribution >= 4 is 16.7 Å². The van der Waals surface area contributed by atoms with Crippen molar-refractivity contribution < 1.29 is 14.3 Å². The Bertz CT molecular complexity index is 946. The molecule has 0 aliphatic heterocycles. The van der Waals surface area contributed by atoms with Crippen molar-refractivity contribution in [3.8, 4) is 5.75 Å². The van der Waals surface area contributed by atoms with Crippen LogP contribution in [-0.4, -0.2) is 22.7 Å². The van der Waals surface area contributed by atoms with Crippen molar-refractivity contribution in [2.45, 2.75) is 79.1 Å². The number of carbonyl (C=O) groups excluding carboxylic acids is 1. The van der Waals surface area contributed by atoms with Gasteiger partial charge in [-0.2, -0.15) is 0 Å². The Labute approximate surface area is 179 Å². The van der Waals surface area contributed by atoms with Gasteiger partial charge >= 0.3 is 5.97 Å². The van der Waals surface area contributed by atoms with E-state index in [1.54, 1.807) is 25.3 Å². The lowest BCUT2D eigenvalue weighted by Gasteiger charge is -2.37. The lowest BCUT2D eigenvalue weighted by molar-refractivity contribution is -0.159. The number of pyridine rings is 1. The molecule has 1 aromatic heterocycles. The molecule has 1 aliphatic rings. The highest BCUT2D eigenvalue weighted by Crippen LogP contribution is 2.35. The summed E-state index contributed by atoms with van der Waals surface area (Å²) in [7, 11) is 0. The third-order valence-corrected chi connectivity index (χ3v) is 6.26. The van der Waals surface area contributed by atoms with Crippen LogP contribution in [0.4, 0.5) is 0 Å². The van der Waals surface area contributed by atoms with Crippen LogP contribution in [0.25, 0.3) is 10.8 Å². The van der Waals surface area contributed by atoms with E-state index in [-0.39, 0.29) is 23.7 Å². The number of aromatic nitrogens is 1. The molecule has 0 spiro atoms. The van der Waals surface area contributed by atoms with E-state index in [0.29, 0.717) is 23.1 Å². The second-order valence-electron chi connectivity index (χ2n) is 9.42. The van der Waals surface area contributed by atoms with E-state index in [0.717, 1.165) is 24.0 Å². The molecule has 1 heterocycles. The zero-order valence-electron chi connectivity index (χ0n) is 19.1. The average molecular weight is 414 g/mol. The van der Waals surface area contributed by atoms with Crippen LogP contribution in [0.15, 0.2) is 35.3 Å². The van der Waals surface area contributed by atoms with Gasteiger partial charge in [0.15, 0.2) is 0 Å². The molecule has 0 radical (unpaired) electrons. The minimum absolute atomic E-state index is 0.0646. The van der Waals surface area contributed by atoms with E-state index in [4.69, 9.17) is 9.47 Å². The van der Waals surface area contributed by atoms with Gasteiger partial charge in [0, 0.05) is 11.6 Å². The van der Waals surface area contributed by atoms with Crippen molar-refractivity contribution in [3.05, 3.63) is 40.8 Å². The molecule has 30 heavy (non-hydrogen) atoms. The van der Waals surface area contributed by atoms with Crippen LogP contribution in [0.2, 0.25) is 0 Å². The summed E-state index contributed by atoms with van der Waals surface area (Å²) in [6, 6.07) is 6.61. The first-order valence-corrected chi connectivity index (χ1v) is 11.2. The fourth-order valence-electron chi connectivity index (χ4n) is 4.50. The Morgan fingerprint density at radius 3 is 2.50 bits per heavy atom. The second kappa shape index (κ2) is 9.23. The van der Waals surface area contributed by atoms with Gasteiger partial charge in [-0.1, -0.05) is 27.2 Å². The molecule has 1 aromatic carbocycles. The molecule has 0 N–H and O–H groups in total. The topological polar surface area (TPSA) is 57.5 Å². The van der Waals surface area contributed by atoms with E-state index in [1.807, 2.05) is 26.0 Å². The number of esters is 1. The fraction of sp³-hybridized carbons (Fsp3) is 0.600. The predicted octanol–water partition coefficient (Wildman–Crippen LogP) is 5.35. The molecule has 2 aromatic rings. The maximum absolute atomic E-state index is 13.0. The van der Waals surface area contributed by atoms with Gasteiger partial charge < -0.3 is 14.0 Å². The van der Waals surface area contributed by atoms with E-state index in [1.165, 1.54) is 11.0 Å². The highest BCUT2D eigenvalue weighted by Gasteiger charge is 2.34. The number of rotatable bonds is 6. The molecule has 4 unspecified atom stereocenters. The maximum atomic E-state index is 13.0. The first kappa shape index (κ1) is 22.4.